The molecule has 0 saturated carbocycles. The van der Waals surface area contributed by atoms with Crippen LogP contribution in [0.5, 0.6) is 0 Å². The van der Waals surface area contributed by atoms with Crippen LogP contribution >= 0.6 is 11.6 Å². The lowest BCUT2D eigenvalue weighted by atomic mass is 10.0. The second-order valence-corrected chi connectivity index (χ2v) is 6.88. The Hall–Kier alpha value is -3.12. The summed E-state index contributed by atoms with van der Waals surface area (Å²) in [6, 6.07) is 12.1. The highest BCUT2D eigenvalue weighted by Crippen LogP contribution is 2.32. The van der Waals surface area contributed by atoms with Crippen LogP contribution < -0.4 is 10.6 Å². The standard InChI is InChI=1S/C21H20ClN3O3/c1-4-25-20(27)18(14-5-8-16(9-6-14)23-13(3)26)19(21(25)28)24-17-10-7-15(22)11-12(17)2/h5-11,24H,4H2,1-3H3,(H,23,26). The van der Waals surface area contributed by atoms with Crippen molar-refractivity contribution in [1.29, 1.82) is 0 Å². The summed E-state index contributed by atoms with van der Waals surface area (Å²) in [5.41, 5.74) is 3.29. The van der Waals surface area contributed by atoms with Gasteiger partial charge in [0.15, 0.2) is 0 Å². The molecule has 2 aromatic carbocycles. The summed E-state index contributed by atoms with van der Waals surface area (Å²) in [7, 11) is 0. The number of benzene rings is 2. The fraction of sp³-hybridized carbons (Fsp3) is 0.190. The van der Waals surface area contributed by atoms with E-state index in [1.165, 1.54) is 11.8 Å². The molecular weight excluding hydrogens is 378 g/mol. The van der Waals surface area contributed by atoms with Crippen molar-refractivity contribution in [2.75, 3.05) is 17.2 Å². The number of rotatable bonds is 5. The molecule has 3 rings (SSSR count). The van der Waals surface area contributed by atoms with Crippen molar-refractivity contribution in [3.8, 4) is 0 Å². The zero-order valence-corrected chi connectivity index (χ0v) is 16.6. The summed E-state index contributed by atoms with van der Waals surface area (Å²) in [6.45, 7) is 5.32. The molecule has 0 saturated heterocycles. The van der Waals surface area contributed by atoms with Crippen LogP contribution in [-0.2, 0) is 14.4 Å². The normalized spacial score (nSPS) is 13.9. The van der Waals surface area contributed by atoms with Crippen molar-refractivity contribution in [2.45, 2.75) is 20.8 Å². The van der Waals surface area contributed by atoms with Gasteiger partial charge in [0.25, 0.3) is 11.8 Å². The lowest BCUT2D eigenvalue weighted by Crippen LogP contribution is -2.32. The largest absolute Gasteiger partial charge is 0.350 e. The van der Waals surface area contributed by atoms with Gasteiger partial charge in [-0.1, -0.05) is 23.7 Å². The van der Waals surface area contributed by atoms with Crippen molar-refractivity contribution in [1.82, 2.24) is 4.90 Å². The molecule has 1 aliphatic rings. The van der Waals surface area contributed by atoms with Crippen LogP contribution in [0.1, 0.15) is 25.0 Å². The van der Waals surface area contributed by atoms with E-state index in [0.717, 1.165) is 5.56 Å². The molecule has 0 aliphatic carbocycles. The molecule has 144 valence electrons. The van der Waals surface area contributed by atoms with Gasteiger partial charge in [-0.05, 0) is 55.3 Å². The van der Waals surface area contributed by atoms with Gasteiger partial charge in [0, 0.05) is 29.9 Å². The molecule has 7 heteroatoms. The van der Waals surface area contributed by atoms with Crippen LogP contribution in [0, 0.1) is 6.92 Å². The molecule has 2 N–H and O–H groups in total. The molecule has 0 bridgehead atoms. The lowest BCUT2D eigenvalue weighted by molar-refractivity contribution is -0.136. The van der Waals surface area contributed by atoms with Crippen LogP contribution in [-0.4, -0.2) is 29.2 Å². The first-order valence-corrected chi connectivity index (χ1v) is 9.21. The van der Waals surface area contributed by atoms with Crippen LogP contribution in [0.25, 0.3) is 5.57 Å². The summed E-state index contributed by atoms with van der Waals surface area (Å²) in [4.78, 5) is 38.1. The Morgan fingerprint density at radius 3 is 2.32 bits per heavy atom. The number of aryl methyl sites for hydroxylation is 1. The minimum Gasteiger partial charge on any atom is -0.350 e. The van der Waals surface area contributed by atoms with Crippen LogP contribution in [0.3, 0.4) is 0 Å². The van der Waals surface area contributed by atoms with Crippen LogP contribution in [0.15, 0.2) is 48.2 Å². The molecule has 1 heterocycles. The maximum absolute atomic E-state index is 12.9. The summed E-state index contributed by atoms with van der Waals surface area (Å²) in [6.07, 6.45) is 0. The first-order chi connectivity index (χ1) is 13.3. The molecule has 6 nitrogen and oxygen atoms in total. The van der Waals surface area contributed by atoms with Crippen molar-refractivity contribution in [3.63, 3.8) is 0 Å². The number of halogens is 1. The van der Waals surface area contributed by atoms with E-state index in [1.54, 1.807) is 49.4 Å². The maximum atomic E-state index is 12.9. The number of hydrogen-bond acceptors (Lipinski definition) is 4. The number of carbonyl (C=O) groups excluding carboxylic acids is 3. The molecule has 0 radical (unpaired) electrons. The van der Waals surface area contributed by atoms with Crippen molar-refractivity contribution in [2.24, 2.45) is 0 Å². The zero-order valence-electron chi connectivity index (χ0n) is 15.8. The summed E-state index contributed by atoms with van der Waals surface area (Å²) in [5, 5.41) is 6.39. The third-order valence-electron chi connectivity index (χ3n) is 4.43. The van der Waals surface area contributed by atoms with E-state index in [1.807, 2.05) is 6.92 Å². The summed E-state index contributed by atoms with van der Waals surface area (Å²) in [5.74, 6) is -0.909. The Bertz CT molecular complexity index is 996. The van der Waals surface area contributed by atoms with E-state index in [9.17, 15) is 14.4 Å². The number of carbonyl (C=O) groups is 3. The molecule has 3 amide bonds. The molecular formula is C21H20ClN3O3. The maximum Gasteiger partial charge on any atom is 0.278 e. The number of hydrogen-bond donors (Lipinski definition) is 2. The van der Waals surface area contributed by atoms with Crippen LogP contribution in [0.4, 0.5) is 11.4 Å². The number of anilines is 2. The van der Waals surface area contributed by atoms with Gasteiger partial charge in [-0.2, -0.15) is 0 Å². The van der Waals surface area contributed by atoms with E-state index in [2.05, 4.69) is 10.6 Å². The summed E-state index contributed by atoms with van der Waals surface area (Å²) < 4.78 is 0. The lowest BCUT2D eigenvalue weighted by Gasteiger charge is -2.13. The van der Waals surface area contributed by atoms with E-state index < -0.39 is 0 Å². The minimum absolute atomic E-state index is 0.184. The minimum atomic E-state index is -0.372. The predicted molar refractivity (Wildman–Crippen MR) is 110 cm³/mol. The van der Waals surface area contributed by atoms with Crippen LogP contribution in [0.2, 0.25) is 5.02 Å². The van der Waals surface area contributed by atoms with Crippen molar-refractivity contribution < 1.29 is 14.4 Å². The molecule has 28 heavy (non-hydrogen) atoms. The Morgan fingerprint density at radius 2 is 1.75 bits per heavy atom. The quantitative estimate of drug-likeness (QED) is 0.752. The average Bonchev–Trinajstić information content (AvgIpc) is 2.87. The third-order valence-corrected chi connectivity index (χ3v) is 4.66. The highest BCUT2D eigenvalue weighted by atomic mass is 35.5. The molecule has 0 fully saturated rings. The topological polar surface area (TPSA) is 78.5 Å². The monoisotopic (exact) mass is 397 g/mol. The molecule has 0 aromatic heterocycles. The second kappa shape index (κ2) is 7.86. The smallest absolute Gasteiger partial charge is 0.278 e. The molecule has 2 aromatic rings. The Labute approximate surface area is 168 Å². The van der Waals surface area contributed by atoms with E-state index in [-0.39, 0.29) is 30.0 Å². The van der Waals surface area contributed by atoms with Gasteiger partial charge in [-0.25, -0.2) is 0 Å². The van der Waals surface area contributed by atoms with E-state index >= 15 is 0 Å². The van der Waals surface area contributed by atoms with Gasteiger partial charge >= 0.3 is 0 Å². The molecule has 0 atom stereocenters. The number of likely N-dealkylation sites (N-methyl/N-ethyl adjacent to an activating group) is 1. The Kier molecular flexibility index (Phi) is 5.51. The number of imide groups is 1. The fourth-order valence-electron chi connectivity index (χ4n) is 3.07. The fourth-order valence-corrected chi connectivity index (χ4v) is 3.30. The molecule has 1 aliphatic heterocycles. The zero-order chi connectivity index (χ0) is 20.4. The molecule has 0 spiro atoms. The van der Waals surface area contributed by atoms with Crippen molar-refractivity contribution in [3.05, 3.63) is 64.3 Å². The van der Waals surface area contributed by atoms with Gasteiger partial charge in [-0.15, -0.1) is 0 Å². The molecule has 0 unspecified atom stereocenters. The van der Waals surface area contributed by atoms with E-state index in [0.29, 0.717) is 27.5 Å². The van der Waals surface area contributed by atoms with Gasteiger partial charge in [0.1, 0.15) is 5.70 Å². The predicted octanol–water partition coefficient (Wildman–Crippen LogP) is 3.82. The first-order valence-electron chi connectivity index (χ1n) is 8.83. The second-order valence-electron chi connectivity index (χ2n) is 6.45. The SMILES string of the molecule is CCN1C(=O)C(Nc2ccc(Cl)cc2C)=C(c2ccc(NC(C)=O)cc2)C1=O. The highest BCUT2D eigenvalue weighted by Gasteiger charge is 2.38. The van der Waals surface area contributed by atoms with E-state index in [4.69, 9.17) is 11.6 Å². The summed E-state index contributed by atoms with van der Waals surface area (Å²) >= 11 is 6.01. The number of nitrogens with zero attached hydrogens (tertiary/aromatic N) is 1. The van der Waals surface area contributed by atoms with Crippen molar-refractivity contribution >= 4 is 46.3 Å². The average molecular weight is 398 g/mol. The number of nitrogens with one attached hydrogen (secondary N) is 2. The Balaban J connectivity index is 2.04. The first kappa shape index (κ1) is 19.6. The highest BCUT2D eigenvalue weighted by molar-refractivity contribution is 6.36. The number of amides is 3. The van der Waals surface area contributed by atoms with Gasteiger partial charge in [0.2, 0.25) is 5.91 Å². The van der Waals surface area contributed by atoms with Gasteiger partial charge < -0.3 is 10.6 Å². The third kappa shape index (κ3) is 3.77. The Morgan fingerprint density at radius 1 is 1.07 bits per heavy atom. The van der Waals surface area contributed by atoms with Gasteiger partial charge in [-0.3, -0.25) is 19.3 Å². The van der Waals surface area contributed by atoms with Gasteiger partial charge in [0.05, 0.1) is 5.57 Å².